The molecule has 2 aromatic rings. The first-order valence-electron chi connectivity index (χ1n) is 9.17. The van der Waals surface area contributed by atoms with Crippen molar-refractivity contribution in [1.29, 1.82) is 0 Å². The third-order valence-electron chi connectivity index (χ3n) is 4.88. The van der Waals surface area contributed by atoms with Gasteiger partial charge in [0.2, 0.25) is 0 Å². The van der Waals surface area contributed by atoms with Crippen LogP contribution in [0.15, 0.2) is 48.8 Å². The van der Waals surface area contributed by atoms with Crippen LogP contribution in [0.5, 0.6) is 5.75 Å². The molecular formula is C21H28N2O2. The summed E-state index contributed by atoms with van der Waals surface area (Å²) in [7, 11) is 1.70. The van der Waals surface area contributed by atoms with Gasteiger partial charge >= 0.3 is 0 Å². The Balaban J connectivity index is 1.54. The van der Waals surface area contributed by atoms with Gasteiger partial charge in [-0.25, -0.2) is 0 Å². The summed E-state index contributed by atoms with van der Waals surface area (Å²) in [4.78, 5) is 4.12. The van der Waals surface area contributed by atoms with Crippen molar-refractivity contribution in [1.82, 2.24) is 10.3 Å². The van der Waals surface area contributed by atoms with Crippen molar-refractivity contribution < 1.29 is 9.47 Å². The molecule has 4 nitrogen and oxygen atoms in total. The lowest BCUT2D eigenvalue weighted by Crippen LogP contribution is -2.44. The first-order valence-corrected chi connectivity index (χ1v) is 9.17. The van der Waals surface area contributed by atoms with E-state index in [4.69, 9.17) is 9.47 Å². The number of nitrogens with one attached hydrogen (secondary N) is 1. The fraction of sp³-hybridized carbons (Fsp3) is 0.476. The van der Waals surface area contributed by atoms with Gasteiger partial charge in [-0.15, -0.1) is 0 Å². The number of methoxy groups -OCH3 is 1. The number of nitrogens with zero attached hydrogens (tertiary/aromatic N) is 1. The van der Waals surface area contributed by atoms with Crippen molar-refractivity contribution >= 4 is 0 Å². The summed E-state index contributed by atoms with van der Waals surface area (Å²) in [5, 5.41) is 3.79. The van der Waals surface area contributed by atoms with E-state index in [1.54, 1.807) is 7.11 Å². The van der Waals surface area contributed by atoms with Crippen molar-refractivity contribution in [3.8, 4) is 5.75 Å². The topological polar surface area (TPSA) is 43.4 Å². The number of ether oxygens (including phenoxy) is 2. The molecule has 0 radical (unpaired) electrons. The Bertz CT molecular complexity index is 630. The van der Waals surface area contributed by atoms with E-state index in [9.17, 15) is 0 Å². The number of aromatic nitrogens is 1. The smallest absolute Gasteiger partial charge is 0.118 e. The number of hydrogen-bond donors (Lipinski definition) is 1. The van der Waals surface area contributed by atoms with E-state index in [1.807, 2.05) is 24.5 Å². The first-order chi connectivity index (χ1) is 12.3. The van der Waals surface area contributed by atoms with E-state index in [1.165, 1.54) is 11.1 Å². The molecule has 1 aliphatic heterocycles. The Morgan fingerprint density at radius 2 is 1.96 bits per heavy atom. The van der Waals surface area contributed by atoms with E-state index in [0.29, 0.717) is 12.1 Å². The van der Waals surface area contributed by atoms with E-state index >= 15 is 0 Å². The van der Waals surface area contributed by atoms with Gasteiger partial charge in [0.05, 0.1) is 13.2 Å². The molecule has 1 aromatic heterocycles. The van der Waals surface area contributed by atoms with Crippen molar-refractivity contribution in [2.24, 2.45) is 0 Å². The zero-order chi connectivity index (χ0) is 17.5. The first kappa shape index (κ1) is 17.9. The van der Waals surface area contributed by atoms with Crippen molar-refractivity contribution in [3.63, 3.8) is 0 Å². The highest BCUT2D eigenvalue weighted by Gasteiger charge is 2.28. The van der Waals surface area contributed by atoms with Gasteiger partial charge in [0.1, 0.15) is 5.75 Å². The molecule has 1 aliphatic rings. The van der Waals surface area contributed by atoms with Crippen molar-refractivity contribution in [2.75, 3.05) is 13.7 Å². The Kier molecular flexibility index (Phi) is 6.42. The second-order valence-electron chi connectivity index (χ2n) is 6.78. The lowest BCUT2D eigenvalue weighted by atomic mass is 9.95. The van der Waals surface area contributed by atoms with Crippen LogP contribution >= 0.6 is 0 Å². The predicted molar refractivity (Wildman–Crippen MR) is 99.9 cm³/mol. The average Bonchev–Trinajstić information content (AvgIpc) is 2.68. The summed E-state index contributed by atoms with van der Waals surface area (Å²) >= 11 is 0. The molecule has 1 fully saturated rings. The Labute approximate surface area is 150 Å². The van der Waals surface area contributed by atoms with Crippen LogP contribution in [0.2, 0.25) is 0 Å². The molecule has 0 saturated carbocycles. The molecule has 1 aromatic carbocycles. The molecule has 0 aliphatic carbocycles. The second-order valence-corrected chi connectivity index (χ2v) is 6.78. The molecule has 4 heteroatoms. The number of benzene rings is 1. The van der Waals surface area contributed by atoms with Crippen LogP contribution in [0.3, 0.4) is 0 Å². The molecule has 2 heterocycles. The van der Waals surface area contributed by atoms with Gasteiger partial charge in [-0.3, -0.25) is 4.98 Å². The quantitative estimate of drug-likeness (QED) is 0.829. The van der Waals surface area contributed by atoms with Crippen LogP contribution in [0, 0.1) is 0 Å². The molecular weight excluding hydrogens is 312 g/mol. The van der Waals surface area contributed by atoms with Crippen LogP contribution in [0.1, 0.15) is 43.4 Å². The monoisotopic (exact) mass is 340 g/mol. The third kappa shape index (κ3) is 5.03. The number of aryl methyl sites for hydroxylation is 1. The number of rotatable bonds is 7. The minimum atomic E-state index is 0.125. The summed E-state index contributed by atoms with van der Waals surface area (Å²) in [6.07, 6.45) is 8.25. The maximum absolute atomic E-state index is 6.06. The molecule has 1 N–H and O–H groups in total. The summed E-state index contributed by atoms with van der Waals surface area (Å²) in [6.45, 7) is 3.10. The lowest BCUT2D eigenvalue weighted by molar-refractivity contribution is -0.0136. The highest BCUT2D eigenvalue weighted by Crippen LogP contribution is 2.28. The van der Waals surface area contributed by atoms with Crippen LogP contribution in [0.4, 0.5) is 0 Å². The maximum Gasteiger partial charge on any atom is 0.118 e. The Morgan fingerprint density at radius 1 is 1.20 bits per heavy atom. The van der Waals surface area contributed by atoms with Gasteiger partial charge in [-0.2, -0.15) is 0 Å². The third-order valence-corrected chi connectivity index (χ3v) is 4.88. The Hall–Kier alpha value is -1.91. The van der Waals surface area contributed by atoms with E-state index in [0.717, 1.165) is 38.0 Å². The maximum atomic E-state index is 6.06. The SMILES string of the molecule is COc1ccc(CC[C@@H](C)N[C@H]2CCCO[C@@H]2c2ccncc2)cc1. The van der Waals surface area contributed by atoms with Crippen LogP contribution < -0.4 is 10.1 Å². The van der Waals surface area contributed by atoms with Crippen LogP contribution in [-0.4, -0.2) is 30.8 Å². The van der Waals surface area contributed by atoms with Crippen LogP contribution in [0.25, 0.3) is 0 Å². The van der Waals surface area contributed by atoms with Gasteiger partial charge in [-0.1, -0.05) is 12.1 Å². The summed E-state index contributed by atoms with van der Waals surface area (Å²) in [6, 6.07) is 13.3. The molecule has 0 bridgehead atoms. The zero-order valence-electron chi connectivity index (χ0n) is 15.2. The number of pyridine rings is 1. The van der Waals surface area contributed by atoms with Gasteiger partial charge in [0.15, 0.2) is 0 Å². The largest absolute Gasteiger partial charge is 0.497 e. The zero-order valence-corrected chi connectivity index (χ0v) is 15.2. The van der Waals surface area contributed by atoms with E-state index < -0.39 is 0 Å². The minimum Gasteiger partial charge on any atom is -0.497 e. The molecule has 3 rings (SSSR count). The van der Waals surface area contributed by atoms with Crippen molar-refractivity contribution in [2.45, 2.75) is 50.8 Å². The molecule has 134 valence electrons. The molecule has 25 heavy (non-hydrogen) atoms. The standard InChI is InChI=1S/C21H28N2O2/c1-16(5-6-17-7-9-19(24-2)10-8-17)23-20-4-3-15-25-21(20)18-11-13-22-14-12-18/h7-14,16,20-21,23H,3-6,15H2,1-2H3/t16-,20+,21-/m1/s1. The minimum absolute atomic E-state index is 0.125. The van der Waals surface area contributed by atoms with E-state index in [-0.39, 0.29) is 6.10 Å². The Morgan fingerprint density at radius 3 is 2.68 bits per heavy atom. The lowest BCUT2D eigenvalue weighted by Gasteiger charge is -2.34. The van der Waals surface area contributed by atoms with Gasteiger partial charge < -0.3 is 14.8 Å². The van der Waals surface area contributed by atoms with Gasteiger partial charge in [-0.05, 0) is 68.0 Å². The summed E-state index contributed by atoms with van der Waals surface area (Å²) in [5.41, 5.74) is 2.56. The number of hydrogen-bond acceptors (Lipinski definition) is 4. The molecule has 3 atom stereocenters. The second kappa shape index (κ2) is 8.97. The van der Waals surface area contributed by atoms with Crippen LogP contribution in [-0.2, 0) is 11.2 Å². The molecule has 0 spiro atoms. The molecule has 1 saturated heterocycles. The highest BCUT2D eigenvalue weighted by atomic mass is 16.5. The predicted octanol–water partition coefficient (Wildman–Crippen LogP) is 3.92. The van der Waals surface area contributed by atoms with E-state index in [2.05, 4.69) is 41.5 Å². The van der Waals surface area contributed by atoms with Gasteiger partial charge in [0, 0.05) is 31.1 Å². The summed E-state index contributed by atoms with van der Waals surface area (Å²) in [5.74, 6) is 0.912. The summed E-state index contributed by atoms with van der Waals surface area (Å²) < 4.78 is 11.3. The fourth-order valence-corrected chi connectivity index (χ4v) is 3.46. The fourth-order valence-electron chi connectivity index (χ4n) is 3.46. The normalized spacial score (nSPS) is 21.7. The average molecular weight is 340 g/mol. The molecule has 0 amide bonds. The van der Waals surface area contributed by atoms with Gasteiger partial charge in [0.25, 0.3) is 0 Å². The highest BCUT2D eigenvalue weighted by molar-refractivity contribution is 5.27. The molecule has 0 unspecified atom stereocenters. The van der Waals surface area contributed by atoms with Crippen molar-refractivity contribution in [3.05, 3.63) is 59.9 Å².